The number of hydrogen-bond donors (Lipinski definition) is 1. The summed E-state index contributed by atoms with van der Waals surface area (Å²) in [6.07, 6.45) is 0. The quantitative estimate of drug-likeness (QED) is 0.743. The highest BCUT2D eigenvalue weighted by Gasteiger charge is 2.19. The normalized spacial score (nSPS) is 11.2. The van der Waals surface area contributed by atoms with E-state index in [0.717, 1.165) is 6.54 Å². The van der Waals surface area contributed by atoms with E-state index in [0.29, 0.717) is 5.92 Å². The minimum Gasteiger partial charge on any atom is -0.338 e. The van der Waals surface area contributed by atoms with Crippen LogP contribution in [0.25, 0.3) is 0 Å². The van der Waals surface area contributed by atoms with Crippen molar-refractivity contribution in [2.45, 2.75) is 53.6 Å². The van der Waals surface area contributed by atoms with Gasteiger partial charge in [0.1, 0.15) is 0 Å². The number of amides is 2. The summed E-state index contributed by atoms with van der Waals surface area (Å²) >= 11 is 0. The standard InChI is InChI=1S/C11H24N2O/c1-8(2)7-12-11(14)13(9(3)4)10(5)6/h8-10H,7H2,1-6H3,(H,12,14). The van der Waals surface area contributed by atoms with Gasteiger partial charge < -0.3 is 10.2 Å². The van der Waals surface area contributed by atoms with Crippen LogP contribution in [0.15, 0.2) is 0 Å². The maximum atomic E-state index is 11.7. The lowest BCUT2D eigenvalue weighted by Gasteiger charge is -2.31. The molecule has 0 aliphatic rings. The Morgan fingerprint density at radius 2 is 1.50 bits per heavy atom. The summed E-state index contributed by atoms with van der Waals surface area (Å²) in [4.78, 5) is 13.6. The number of rotatable bonds is 4. The van der Waals surface area contributed by atoms with Crippen molar-refractivity contribution in [2.75, 3.05) is 6.54 Å². The maximum Gasteiger partial charge on any atom is 0.317 e. The van der Waals surface area contributed by atoms with E-state index in [-0.39, 0.29) is 18.1 Å². The summed E-state index contributed by atoms with van der Waals surface area (Å²) in [5.41, 5.74) is 0. The minimum absolute atomic E-state index is 0.0451. The Hall–Kier alpha value is -0.730. The molecule has 2 amide bonds. The predicted molar refractivity (Wildman–Crippen MR) is 60.3 cm³/mol. The van der Waals surface area contributed by atoms with E-state index in [9.17, 15) is 4.79 Å². The second kappa shape index (κ2) is 5.89. The molecular weight excluding hydrogens is 176 g/mol. The third-order valence-corrected chi connectivity index (χ3v) is 2.01. The van der Waals surface area contributed by atoms with Crippen molar-refractivity contribution >= 4 is 6.03 Å². The number of carbonyl (C=O) groups is 1. The van der Waals surface area contributed by atoms with E-state index in [1.807, 2.05) is 32.6 Å². The van der Waals surface area contributed by atoms with Crippen LogP contribution in [-0.2, 0) is 0 Å². The van der Waals surface area contributed by atoms with Crippen molar-refractivity contribution in [3.63, 3.8) is 0 Å². The van der Waals surface area contributed by atoms with Gasteiger partial charge in [0.05, 0.1) is 0 Å². The van der Waals surface area contributed by atoms with Gasteiger partial charge in [-0.05, 0) is 33.6 Å². The van der Waals surface area contributed by atoms with Crippen LogP contribution >= 0.6 is 0 Å². The molecule has 3 heteroatoms. The zero-order valence-electron chi connectivity index (χ0n) is 10.3. The first-order chi connectivity index (χ1) is 6.36. The Kier molecular flexibility index (Phi) is 5.58. The SMILES string of the molecule is CC(C)CNC(=O)N(C(C)C)C(C)C. The van der Waals surface area contributed by atoms with Crippen LogP contribution in [-0.4, -0.2) is 29.6 Å². The monoisotopic (exact) mass is 200 g/mol. The highest BCUT2D eigenvalue weighted by molar-refractivity contribution is 5.74. The van der Waals surface area contributed by atoms with Crippen molar-refractivity contribution in [1.82, 2.24) is 10.2 Å². The Bertz CT molecular complexity index is 168. The van der Waals surface area contributed by atoms with Gasteiger partial charge in [0.2, 0.25) is 0 Å². The van der Waals surface area contributed by atoms with Crippen molar-refractivity contribution < 1.29 is 4.79 Å². The van der Waals surface area contributed by atoms with E-state index < -0.39 is 0 Å². The number of nitrogens with one attached hydrogen (secondary N) is 1. The van der Waals surface area contributed by atoms with Gasteiger partial charge in [0.25, 0.3) is 0 Å². The first-order valence-corrected chi connectivity index (χ1v) is 5.42. The molecule has 84 valence electrons. The summed E-state index contributed by atoms with van der Waals surface area (Å²) < 4.78 is 0. The Morgan fingerprint density at radius 3 is 1.79 bits per heavy atom. The van der Waals surface area contributed by atoms with E-state index >= 15 is 0 Å². The summed E-state index contributed by atoms with van der Waals surface area (Å²) in [7, 11) is 0. The lowest BCUT2D eigenvalue weighted by atomic mass is 10.2. The molecule has 0 saturated heterocycles. The van der Waals surface area contributed by atoms with Crippen molar-refractivity contribution in [2.24, 2.45) is 5.92 Å². The number of urea groups is 1. The van der Waals surface area contributed by atoms with Crippen LogP contribution in [0.1, 0.15) is 41.5 Å². The molecule has 0 bridgehead atoms. The molecule has 0 aliphatic heterocycles. The molecule has 0 aromatic rings. The minimum atomic E-state index is 0.0451. The summed E-state index contributed by atoms with van der Waals surface area (Å²) in [6.45, 7) is 13.1. The third-order valence-electron chi connectivity index (χ3n) is 2.01. The number of hydrogen-bond acceptors (Lipinski definition) is 1. The molecule has 3 nitrogen and oxygen atoms in total. The molecule has 0 aromatic carbocycles. The van der Waals surface area contributed by atoms with Gasteiger partial charge in [-0.2, -0.15) is 0 Å². The van der Waals surface area contributed by atoms with E-state index in [1.54, 1.807) is 0 Å². The Morgan fingerprint density at radius 1 is 1.07 bits per heavy atom. The van der Waals surface area contributed by atoms with Gasteiger partial charge in [-0.25, -0.2) is 4.79 Å². The van der Waals surface area contributed by atoms with Crippen LogP contribution in [0, 0.1) is 5.92 Å². The highest BCUT2D eigenvalue weighted by Crippen LogP contribution is 2.05. The van der Waals surface area contributed by atoms with Crippen molar-refractivity contribution in [3.8, 4) is 0 Å². The van der Waals surface area contributed by atoms with Crippen molar-refractivity contribution in [3.05, 3.63) is 0 Å². The molecule has 0 fully saturated rings. The molecule has 0 radical (unpaired) electrons. The van der Waals surface area contributed by atoms with Gasteiger partial charge in [-0.1, -0.05) is 13.8 Å². The molecule has 0 aromatic heterocycles. The van der Waals surface area contributed by atoms with E-state index in [4.69, 9.17) is 0 Å². The van der Waals surface area contributed by atoms with Crippen LogP contribution in [0.4, 0.5) is 4.79 Å². The lowest BCUT2D eigenvalue weighted by Crippen LogP contribution is -2.48. The van der Waals surface area contributed by atoms with Crippen LogP contribution in [0.5, 0.6) is 0 Å². The molecule has 0 heterocycles. The van der Waals surface area contributed by atoms with E-state index in [2.05, 4.69) is 19.2 Å². The molecule has 0 spiro atoms. The smallest absolute Gasteiger partial charge is 0.317 e. The largest absolute Gasteiger partial charge is 0.338 e. The summed E-state index contributed by atoms with van der Waals surface area (Å²) in [5.74, 6) is 0.500. The van der Waals surface area contributed by atoms with Crippen LogP contribution in [0.2, 0.25) is 0 Å². The Labute approximate surface area is 87.9 Å². The second-order valence-electron chi connectivity index (χ2n) is 4.67. The molecule has 14 heavy (non-hydrogen) atoms. The second-order valence-corrected chi connectivity index (χ2v) is 4.67. The molecule has 0 saturated carbocycles. The van der Waals surface area contributed by atoms with Gasteiger partial charge in [0, 0.05) is 18.6 Å². The zero-order chi connectivity index (χ0) is 11.3. The molecule has 0 aliphatic carbocycles. The fourth-order valence-electron chi connectivity index (χ4n) is 1.45. The van der Waals surface area contributed by atoms with E-state index in [1.165, 1.54) is 0 Å². The van der Waals surface area contributed by atoms with Crippen molar-refractivity contribution in [1.29, 1.82) is 0 Å². The van der Waals surface area contributed by atoms with Gasteiger partial charge in [-0.3, -0.25) is 0 Å². The first kappa shape index (κ1) is 13.3. The average molecular weight is 200 g/mol. The van der Waals surface area contributed by atoms with Gasteiger partial charge in [-0.15, -0.1) is 0 Å². The Balaban J connectivity index is 4.17. The van der Waals surface area contributed by atoms with Gasteiger partial charge >= 0.3 is 6.03 Å². The molecule has 1 N–H and O–H groups in total. The summed E-state index contributed by atoms with van der Waals surface area (Å²) in [6, 6.07) is 0.549. The highest BCUT2D eigenvalue weighted by atomic mass is 16.2. The van der Waals surface area contributed by atoms with Gasteiger partial charge in [0.15, 0.2) is 0 Å². The fourth-order valence-corrected chi connectivity index (χ4v) is 1.45. The average Bonchev–Trinajstić information content (AvgIpc) is 1.99. The topological polar surface area (TPSA) is 32.3 Å². The summed E-state index contributed by atoms with van der Waals surface area (Å²) in [5, 5.41) is 2.93. The molecular formula is C11H24N2O. The predicted octanol–water partition coefficient (Wildman–Crippen LogP) is 2.47. The molecule has 0 unspecified atom stereocenters. The lowest BCUT2D eigenvalue weighted by molar-refractivity contribution is 0.164. The number of carbonyl (C=O) groups excluding carboxylic acids is 1. The third kappa shape index (κ3) is 4.49. The number of nitrogens with zero attached hydrogens (tertiary/aromatic N) is 1. The first-order valence-electron chi connectivity index (χ1n) is 5.42. The zero-order valence-corrected chi connectivity index (χ0v) is 10.3. The van der Waals surface area contributed by atoms with Crippen LogP contribution in [0.3, 0.4) is 0 Å². The fraction of sp³-hybridized carbons (Fsp3) is 0.909. The molecule has 0 atom stereocenters. The maximum absolute atomic E-state index is 11.7. The van der Waals surface area contributed by atoms with Crippen LogP contribution < -0.4 is 5.32 Å². The molecule has 0 rings (SSSR count).